The Morgan fingerprint density at radius 2 is 1.17 bits per heavy atom. The zero-order valence-electron chi connectivity index (χ0n) is 30.7. The predicted octanol–water partition coefficient (Wildman–Crippen LogP) is 11.9. The molecule has 7 aliphatic carbocycles. The molecule has 8 unspecified atom stereocenters. The molecule has 8 atom stereocenters. The second-order valence-electron chi connectivity index (χ2n) is 17.1. The Morgan fingerprint density at radius 3 is 1.96 bits per heavy atom. The first-order valence-corrected chi connectivity index (χ1v) is 19.9. The first kappa shape index (κ1) is 30.8. The summed E-state index contributed by atoms with van der Waals surface area (Å²) in [4.78, 5) is 2.61. The van der Waals surface area contributed by atoms with E-state index in [1.54, 1.807) is 0 Å². The van der Waals surface area contributed by atoms with Gasteiger partial charge in [-0.3, -0.25) is 0 Å². The van der Waals surface area contributed by atoms with Crippen LogP contribution in [0.4, 0.5) is 11.4 Å². The van der Waals surface area contributed by atoms with Crippen LogP contribution in [0, 0.1) is 29.6 Å². The highest BCUT2D eigenvalue weighted by molar-refractivity contribution is 5.83. The van der Waals surface area contributed by atoms with E-state index in [-0.39, 0.29) is 34.7 Å². The van der Waals surface area contributed by atoms with Crippen LogP contribution in [0.1, 0.15) is 53.5 Å². The number of anilines is 2. The highest BCUT2D eigenvalue weighted by atomic mass is 16.5. The molecule has 1 spiro atoms. The SMILES string of the molecule is CC1(C)c2cc(N(C3=CC=CC4C3C3C=CC=CC3C43c4ccccc4-c4ccccc43)c3ccc4c(c3)OC3C=CC=CC43)ccc2C2C=CC=CC21. The lowest BCUT2D eigenvalue weighted by atomic mass is 9.63. The summed E-state index contributed by atoms with van der Waals surface area (Å²) >= 11 is 0. The summed E-state index contributed by atoms with van der Waals surface area (Å²) in [5, 5.41) is 0. The molecule has 12 rings (SSSR count). The van der Waals surface area contributed by atoms with Crippen LogP contribution in [0.5, 0.6) is 5.75 Å². The average molecular weight is 698 g/mol. The van der Waals surface area contributed by atoms with E-state index in [2.05, 4.69) is 195 Å². The van der Waals surface area contributed by atoms with Gasteiger partial charge in [-0.05, 0) is 86.9 Å². The van der Waals surface area contributed by atoms with Crippen molar-refractivity contribution in [2.45, 2.75) is 42.6 Å². The molecule has 0 radical (unpaired) electrons. The van der Waals surface area contributed by atoms with Crippen LogP contribution in [-0.4, -0.2) is 6.10 Å². The highest BCUT2D eigenvalue weighted by Gasteiger charge is 2.64. The number of nitrogens with zero attached hydrogens (tertiary/aromatic N) is 1. The van der Waals surface area contributed by atoms with E-state index in [1.807, 2.05) is 0 Å². The van der Waals surface area contributed by atoms with Crippen LogP contribution >= 0.6 is 0 Å². The maximum Gasteiger partial charge on any atom is 0.128 e. The predicted molar refractivity (Wildman–Crippen MR) is 220 cm³/mol. The van der Waals surface area contributed by atoms with Crippen molar-refractivity contribution in [2.24, 2.45) is 29.6 Å². The Hall–Kier alpha value is -5.60. The van der Waals surface area contributed by atoms with Crippen LogP contribution in [0.15, 0.2) is 182 Å². The van der Waals surface area contributed by atoms with Crippen molar-refractivity contribution in [3.8, 4) is 16.9 Å². The number of hydrogen-bond donors (Lipinski definition) is 0. The van der Waals surface area contributed by atoms with Gasteiger partial charge in [0, 0.05) is 57.8 Å². The van der Waals surface area contributed by atoms with E-state index in [0.717, 1.165) is 11.4 Å². The molecule has 2 nitrogen and oxygen atoms in total. The molecule has 0 N–H and O–H groups in total. The molecule has 0 amide bonds. The largest absolute Gasteiger partial charge is 0.485 e. The first-order chi connectivity index (χ1) is 26.5. The van der Waals surface area contributed by atoms with Gasteiger partial charge in [0.25, 0.3) is 0 Å². The topological polar surface area (TPSA) is 12.5 Å². The van der Waals surface area contributed by atoms with E-state index in [4.69, 9.17) is 4.74 Å². The quantitative estimate of drug-likeness (QED) is 0.211. The third-order valence-corrected chi connectivity index (χ3v) is 14.5. The van der Waals surface area contributed by atoms with Crippen molar-refractivity contribution in [1.82, 2.24) is 0 Å². The fourth-order valence-electron chi connectivity index (χ4n) is 12.4. The van der Waals surface area contributed by atoms with Crippen molar-refractivity contribution >= 4 is 11.4 Å². The zero-order valence-corrected chi connectivity index (χ0v) is 30.7. The highest BCUT2D eigenvalue weighted by Crippen LogP contribution is 2.69. The summed E-state index contributed by atoms with van der Waals surface area (Å²) in [6, 6.07) is 32.9. The third kappa shape index (κ3) is 3.86. The smallest absolute Gasteiger partial charge is 0.128 e. The Bertz CT molecular complexity index is 2490. The third-order valence-electron chi connectivity index (χ3n) is 14.5. The molecule has 262 valence electrons. The van der Waals surface area contributed by atoms with E-state index in [0.29, 0.717) is 23.7 Å². The monoisotopic (exact) mass is 697 g/mol. The van der Waals surface area contributed by atoms with E-state index in [1.165, 1.54) is 50.3 Å². The number of hydrogen-bond acceptors (Lipinski definition) is 2. The van der Waals surface area contributed by atoms with E-state index < -0.39 is 0 Å². The lowest BCUT2D eigenvalue weighted by molar-refractivity contribution is 0.269. The van der Waals surface area contributed by atoms with Crippen molar-refractivity contribution < 1.29 is 4.74 Å². The van der Waals surface area contributed by atoms with E-state index >= 15 is 0 Å². The normalized spacial score (nSPS) is 30.8. The molecule has 4 aromatic rings. The van der Waals surface area contributed by atoms with Gasteiger partial charge >= 0.3 is 0 Å². The Balaban J connectivity index is 1.06. The number of ether oxygens (including phenoxy) is 1. The number of allylic oxidation sites excluding steroid dienone is 14. The van der Waals surface area contributed by atoms with Crippen LogP contribution < -0.4 is 9.64 Å². The van der Waals surface area contributed by atoms with Gasteiger partial charge in [0.15, 0.2) is 0 Å². The Morgan fingerprint density at radius 1 is 0.537 bits per heavy atom. The van der Waals surface area contributed by atoms with Crippen molar-refractivity contribution in [2.75, 3.05) is 4.90 Å². The second-order valence-corrected chi connectivity index (χ2v) is 17.1. The maximum absolute atomic E-state index is 6.69. The molecule has 8 aliphatic rings. The van der Waals surface area contributed by atoms with Crippen LogP contribution in [0.2, 0.25) is 0 Å². The molecule has 0 aromatic heterocycles. The van der Waals surface area contributed by atoms with Gasteiger partial charge in [-0.2, -0.15) is 0 Å². The van der Waals surface area contributed by atoms with Gasteiger partial charge in [0.05, 0.1) is 0 Å². The fourth-order valence-corrected chi connectivity index (χ4v) is 12.4. The molecule has 4 aromatic carbocycles. The number of rotatable bonds is 3. The summed E-state index contributed by atoms with van der Waals surface area (Å²) in [6.07, 6.45) is 35.1. The maximum atomic E-state index is 6.69. The van der Waals surface area contributed by atoms with Gasteiger partial charge in [0.2, 0.25) is 0 Å². The molecule has 1 fully saturated rings. The van der Waals surface area contributed by atoms with Crippen molar-refractivity contribution in [3.05, 3.63) is 210 Å². The van der Waals surface area contributed by atoms with Crippen LogP contribution in [-0.2, 0) is 10.8 Å². The average Bonchev–Trinajstić information content (AvgIpc) is 3.90. The summed E-state index contributed by atoms with van der Waals surface area (Å²) in [5.74, 6) is 3.28. The molecule has 54 heavy (non-hydrogen) atoms. The lowest BCUT2D eigenvalue weighted by Gasteiger charge is -2.41. The van der Waals surface area contributed by atoms with Crippen molar-refractivity contribution in [1.29, 1.82) is 0 Å². The molecule has 0 bridgehead atoms. The van der Waals surface area contributed by atoms with Crippen LogP contribution in [0.3, 0.4) is 0 Å². The molecule has 2 heteroatoms. The fraction of sp³-hybridized carbons (Fsp3) is 0.231. The summed E-state index contributed by atoms with van der Waals surface area (Å²) in [5.41, 5.74) is 13.5. The van der Waals surface area contributed by atoms with Crippen molar-refractivity contribution in [3.63, 3.8) is 0 Å². The minimum atomic E-state index is -0.171. The Kier molecular flexibility index (Phi) is 6.27. The van der Waals surface area contributed by atoms with Gasteiger partial charge in [-0.25, -0.2) is 0 Å². The molecule has 1 saturated carbocycles. The molecular formula is C52H43NO. The first-order valence-electron chi connectivity index (χ1n) is 19.9. The molecule has 1 heterocycles. The zero-order chi connectivity index (χ0) is 35.8. The van der Waals surface area contributed by atoms with E-state index in [9.17, 15) is 0 Å². The Labute approximate surface area is 318 Å². The minimum Gasteiger partial charge on any atom is -0.485 e. The van der Waals surface area contributed by atoms with Gasteiger partial charge in [-0.1, -0.05) is 153 Å². The summed E-state index contributed by atoms with van der Waals surface area (Å²) in [7, 11) is 0. The van der Waals surface area contributed by atoms with Gasteiger partial charge in [-0.15, -0.1) is 0 Å². The number of benzene rings is 4. The molecule has 0 saturated heterocycles. The summed E-state index contributed by atoms with van der Waals surface area (Å²) < 4.78 is 6.69. The number of fused-ring (bicyclic) bond motifs is 16. The summed E-state index contributed by atoms with van der Waals surface area (Å²) in [6.45, 7) is 4.89. The van der Waals surface area contributed by atoms with Crippen LogP contribution in [0.25, 0.3) is 11.1 Å². The minimum absolute atomic E-state index is 0.0123. The van der Waals surface area contributed by atoms with Gasteiger partial charge < -0.3 is 9.64 Å². The van der Waals surface area contributed by atoms with Gasteiger partial charge in [0.1, 0.15) is 11.9 Å². The molecular weight excluding hydrogens is 655 g/mol. The lowest BCUT2D eigenvalue weighted by Crippen LogP contribution is -2.38. The standard InChI is InChI=1S/C52H43NO/c1-51(2)41-19-8-3-14-34(41)37-28-26-32(30-46(37)51)53(33-27-29-39-38-17-7-12-25-48(38)54-49(39)31-33)47-24-13-23-45-50(47)40-18-6-11-22-44(40)52(45)42-20-9-4-15-35(42)36-16-5-10-21-43(36)52/h3-31,34,38,40-41,44-45,48,50H,1-2H3. The second kappa shape index (κ2) is 11.0. The molecule has 1 aliphatic heterocycles.